The van der Waals surface area contributed by atoms with Gasteiger partial charge in [0, 0.05) is 19.4 Å². The average Bonchev–Trinajstić information content (AvgIpc) is 2.78. The number of likely N-dealkylation sites (N-methyl/N-ethyl adjacent to an activating group) is 1. The Hall–Kier alpha value is -1.27. The summed E-state index contributed by atoms with van der Waals surface area (Å²) in [5.74, 6) is 0.770. The van der Waals surface area contributed by atoms with Crippen LogP contribution in [0.3, 0.4) is 0 Å². The molecule has 2 rings (SSSR count). The number of rotatable bonds is 6. The summed E-state index contributed by atoms with van der Waals surface area (Å²) in [6.45, 7) is 0.119. The lowest BCUT2D eigenvalue weighted by atomic mass is 10.1. The molecule has 118 valence electrons. The minimum atomic E-state index is -4.11. The lowest BCUT2D eigenvalue weighted by Crippen LogP contribution is -2.28. The van der Waals surface area contributed by atoms with Gasteiger partial charge in [-0.1, -0.05) is 6.07 Å². The van der Waals surface area contributed by atoms with E-state index in [1.807, 2.05) is 25.2 Å². The van der Waals surface area contributed by atoms with Gasteiger partial charge in [0.05, 0.1) is 19.3 Å². The molecule has 1 aliphatic rings. The lowest BCUT2D eigenvalue weighted by Gasteiger charge is -2.21. The Bertz CT molecular complexity index is 476. The van der Waals surface area contributed by atoms with Crippen LogP contribution in [0, 0.1) is 0 Å². The van der Waals surface area contributed by atoms with Gasteiger partial charge in [-0.15, -0.1) is 0 Å². The molecule has 3 nitrogen and oxygen atoms in total. The minimum Gasteiger partial charge on any atom is -0.497 e. The Morgan fingerprint density at radius 2 is 2.10 bits per heavy atom. The predicted octanol–water partition coefficient (Wildman–Crippen LogP) is 3.24. The molecular weight excluding hydrogens is 283 g/mol. The van der Waals surface area contributed by atoms with E-state index >= 15 is 0 Å². The summed E-state index contributed by atoms with van der Waals surface area (Å²) in [5.41, 5.74) is 2.24. The summed E-state index contributed by atoms with van der Waals surface area (Å²) >= 11 is 0. The Balaban J connectivity index is 1.94. The van der Waals surface area contributed by atoms with Crippen molar-refractivity contribution in [1.82, 2.24) is 5.32 Å². The highest BCUT2D eigenvalue weighted by Gasteiger charge is 2.33. The van der Waals surface area contributed by atoms with E-state index in [0.717, 1.165) is 16.9 Å². The number of hydrogen-bond acceptors (Lipinski definition) is 3. The maximum Gasteiger partial charge on any atom is 0.389 e. The maximum atomic E-state index is 12.1. The van der Waals surface area contributed by atoms with E-state index < -0.39 is 12.6 Å². The summed E-state index contributed by atoms with van der Waals surface area (Å²) < 4.78 is 47.2. The highest BCUT2D eigenvalue weighted by atomic mass is 19.4. The van der Waals surface area contributed by atoms with Crippen molar-refractivity contribution in [3.63, 3.8) is 0 Å². The first-order valence-electron chi connectivity index (χ1n) is 6.97. The van der Waals surface area contributed by atoms with Crippen LogP contribution in [0.5, 0.6) is 5.75 Å². The molecule has 0 saturated heterocycles. The molecule has 0 bridgehead atoms. The van der Waals surface area contributed by atoms with Crippen molar-refractivity contribution in [3.05, 3.63) is 29.3 Å². The number of nitrogens with one attached hydrogen (secondary N) is 1. The molecule has 0 aliphatic heterocycles. The van der Waals surface area contributed by atoms with Gasteiger partial charge in [0.1, 0.15) is 5.75 Å². The van der Waals surface area contributed by atoms with E-state index in [4.69, 9.17) is 9.47 Å². The Morgan fingerprint density at radius 3 is 2.71 bits per heavy atom. The third kappa shape index (κ3) is 4.11. The molecule has 1 aromatic carbocycles. The van der Waals surface area contributed by atoms with Crippen LogP contribution in [-0.4, -0.2) is 33.0 Å². The number of fused-ring (bicyclic) bond motifs is 1. The molecule has 6 heteroatoms. The number of methoxy groups -OCH3 is 1. The van der Waals surface area contributed by atoms with Crippen LogP contribution in [-0.2, 0) is 11.2 Å². The molecule has 0 radical (unpaired) electrons. The zero-order valence-electron chi connectivity index (χ0n) is 12.2. The zero-order chi connectivity index (χ0) is 15.5. The molecular formula is C15H20F3NO2. The number of hydrogen-bond donors (Lipinski definition) is 1. The maximum absolute atomic E-state index is 12.1. The van der Waals surface area contributed by atoms with E-state index in [9.17, 15) is 13.2 Å². The van der Waals surface area contributed by atoms with Gasteiger partial charge >= 0.3 is 6.18 Å². The van der Waals surface area contributed by atoms with Crippen LogP contribution < -0.4 is 10.1 Å². The quantitative estimate of drug-likeness (QED) is 0.818. The smallest absolute Gasteiger partial charge is 0.389 e. The summed E-state index contributed by atoms with van der Waals surface area (Å²) in [5, 5.41) is 3.18. The normalized spacial score (nSPS) is 21.4. The first-order chi connectivity index (χ1) is 9.94. The molecule has 2 atom stereocenters. The fraction of sp³-hybridized carbons (Fsp3) is 0.600. The molecule has 1 aliphatic carbocycles. The van der Waals surface area contributed by atoms with Gasteiger partial charge in [0.25, 0.3) is 0 Å². The number of benzene rings is 1. The fourth-order valence-corrected chi connectivity index (χ4v) is 2.71. The van der Waals surface area contributed by atoms with E-state index in [1.54, 1.807) is 7.11 Å². The second-order valence-electron chi connectivity index (χ2n) is 5.16. The van der Waals surface area contributed by atoms with Crippen molar-refractivity contribution in [2.75, 3.05) is 20.8 Å². The fourth-order valence-electron chi connectivity index (χ4n) is 2.71. The largest absolute Gasteiger partial charge is 0.497 e. The van der Waals surface area contributed by atoms with E-state index in [0.29, 0.717) is 6.42 Å². The Kier molecular flexibility index (Phi) is 5.11. The summed E-state index contributed by atoms with van der Waals surface area (Å²) in [4.78, 5) is 0. The van der Waals surface area contributed by atoms with Crippen LogP contribution in [0.4, 0.5) is 13.2 Å². The first kappa shape index (κ1) is 16.1. The highest BCUT2D eigenvalue weighted by Crippen LogP contribution is 2.35. The second kappa shape index (κ2) is 6.66. The molecule has 2 unspecified atom stereocenters. The Morgan fingerprint density at radius 1 is 1.33 bits per heavy atom. The third-order valence-electron chi connectivity index (χ3n) is 3.73. The molecule has 0 spiro atoms. The van der Waals surface area contributed by atoms with Crippen LogP contribution in [0.1, 0.15) is 30.0 Å². The number of ether oxygens (including phenoxy) is 2. The molecule has 21 heavy (non-hydrogen) atoms. The van der Waals surface area contributed by atoms with Crippen LogP contribution in [0.15, 0.2) is 18.2 Å². The van der Waals surface area contributed by atoms with Gasteiger partial charge < -0.3 is 14.8 Å². The monoisotopic (exact) mass is 303 g/mol. The van der Waals surface area contributed by atoms with Crippen molar-refractivity contribution >= 4 is 0 Å². The van der Waals surface area contributed by atoms with Gasteiger partial charge in [0.15, 0.2) is 0 Å². The Labute approximate surface area is 122 Å². The van der Waals surface area contributed by atoms with Gasteiger partial charge in [-0.05, 0) is 36.7 Å². The van der Waals surface area contributed by atoms with Crippen LogP contribution >= 0.6 is 0 Å². The standard InChI is InChI=1S/C15H20F3NO2/c1-19-14-12-9-11(20-2)5-4-10(12)8-13(14)21-7-3-6-15(16,17)18/h4-5,9,13-14,19H,3,6-8H2,1-2H3. The molecule has 0 heterocycles. The first-order valence-corrected chi connectivity index (χ1v) is 6.97. The lowest BCUT2D eigenvalue weighted by molar-refractivity contribution is -0.139. The highest BCUT2D eigenvalue weighted by molar-refractivity contribution is 5.42. The number of halogens is 3. The van der Waals surface area contributed by atoms with E-state index in [-0.39, 0.29) is 25.2 Å². The van der Waals surface area contributed by atoms with Crippen molar-refractivity contribution in [1.29, 1.82) is 0 Å². The topological polar surface area (TPSA) is 30.5 Å². The molecule has 0 amide bonds. The van der Waals surface area contributed by atoms with Crippen LogP contribution in [0.2, 0.25) is 0 Å². The van der Waals surface area contributed by atoms with Gasteiger partial charge in [-0.25, -0.2) is 0 Å². The van der Waals surface area contributed by atoms with Crippen molar-refractivity contribution in [3.8, 4) is 5.75 Å². The van der Waals surface area contributed by atoms with Crippen molar-refractivity contribution in [2.24, 2.45) is 0 Å². The van der Waals surface area contributed by atoms with E-state index in [2.05, 4.69) is 5.32 Å². The SMILES string of the molecule is CNC1c2cc(OC)ccc2CC1OCCCC(F)(F)F. The molecule has 1 N–H and O–H groups in total. The average molecular weight is 303 g/mol. The zero-order valence-corrected chi connectivity index (χ0v) is 12.2. The van der Waals surface area contributed by atoms with E-state index in [1.165, 1.54) is 0 Å². The van der Waals surface area contributed by atoms with Gasteiger partial charge in [0.2, 0.25) is 0 Å². The van der Waals surface area contributed by atoms with Gasteiger partial charge in [-0.3, -0.25) is 0 Å². The molecule has 0 fully saturated rings. The molecule has 0 aromatic heterocycles. The third-order valence-corrected chi connectivity index (χ3v) is 3.73. The minimum absolute atomic E-state index is 0.00387. The predicted molar refractivity (Wildman–Crippen MR) is 73.5 cm³/mol. The van der Waals surface area contributed by atoms with Crippen LogP contribution in [0.25, 0.3) is 0 Å². The van der Waals surface area contributed by atoms with Crippen molar-refractivity contribution < 1.29 is 22.6 Å². The molecule has 1 aromatic rings. The summed E-state index contributed by atoms with van der Waals surface area (Å²) in [6.07, 6.45) is -4.35. The van der Waals surface area contributed by atoms with Gasteiger partial charge in [-0.2, -0.15) is 13.2 Å². The number of alkyl halides is 3. The second-order valence-corrected chi connectivity index (χ2v) is 5.16. The molecule has 0 saturated carbocycles. The van der Waals surface area contributed by atoms with Crippen molar-refractivity contribution in [2.45, 2.75) is 37.6 Å². The summed E-state index contributed by atoms with van der Waals surface area (Å²) in [7, 11) is 3.43. The summed E-state index contributed by atoms with van der Waals surface area (Å²) in [6, 6.07) is 5.81.